The van der Waals surface area contributed by atoms with Crippen molar-refractivity contribution in [1.29, 1.82) is 0 Å². The first-order chi connectivity index (χ1) is 8.74. The van der Waals surface area contributed by atoms with Gasteiger partial charge < -0.3 is 4.90 Å². The molecule has 0 aromatic heterocycles. The number of hydrogen-bond acceptors (Lipinski definition) is 1. The standard InChI is InChI=1S/C14H17BrClNO/c15-9-10-17(11-5-1-2-6-11)14(18)12-7-3-4-8-13(12)16/h3-4,7-8,11H,1-2,5-6,9-10H2. The Morgan fingerprint density at radius 2 is 2.00 bits per heavy atom. The molecule has 0 radical (unpaired) electrons. The maximum absolute atomic E-state index is 12.6. The average Bonchev–Trinajstić information content (AvgIpc) is 2.89. The summed E-state index contributed by atoms with van der Waals surface area (Å²) in [6.45, 7) is 0.745. The predicted octanol–water partition coefficient (Wildman–Crippen LogP) is 4.12. The van der Waals surface area contributed by atoms with E-state index in [4.69, 9.17) is 11.6 Å². The Labute approximate surface area is 121 Å². The van der Waals surface area contributed by atoms with Crippen molar-refractivity contribution in [3.8, 4) is 0 Å². The molecule has 1 aliphatic carbocycles. The third-order valence-corrected chi connectivity index (χ3v) is 4.14. The number of alkyl halides is 1. The van der Waals surface area contributed by atoms with E-state index in [0.717, 1.165) is 24.7 Å². The lowest BCUT2D eigenvalue weighted by atomic mass is 10.1. The van der Waals surface area contributed by atoms with Crippen LogP contribution in [0.3, 0.4) is 0 Å². The summed E-state index contributed by atoms with van der Waals surface area (Å²) in [5.74, 6) is 0.0620. The van der Waals surface area contributed by atoms with Crippen LogP contribution in [0.15, 0.2) is 24.3 Å². The van der Waals surface area contributed by atoms with Crippen molar-refractivity contribution in [1.82, 2.24) is 4.90 Å². The maximum Gasteiger partial charge on any atom is 0.255 e. The van der Waals surface area contributed by atoms with Crippen molar-refractivity contribution in [2.75, 3.05) is 11.9 Å². The van der Waals surface area contributed by atoms with Crippen LogP contribution in [0.1, 0.15) is 36.0 Å². The van der Waals surface area contributed by atoms with Gasteiger partial charge in [0.15, 0.2) is 0 Å². The van der Waals surface area contributed by atoms with Crippen LogP contribution < -0.4 is 0 Å². The molecule has 2 nitrogen and oxygen atoms in total. The van der Waals surface area contributed by atoms with Crippen LogP contribution in [0.4, 0.5) is 0 Å². The van der Waals surface area contributed by atoms with E-state index >= 15 is 0 Å². The zero-order valence-corrected chi connectivity index (χ0v) is 12.6. The number of rotatable bonds is 4. The van der Waals surface area contributed by atoms with Gasteiger partial charge in [-0.05, 0) is 25.0 Å². The van der Waals surface area contributed by atoms with Gasteiger partial charge in [-0.25, -0.2) is 0 Å². The number of amides is 1. The molecule has 0 aliphatic heterocycles. The van der Waals surface area contributed by atoms with Gasteiger partial charge in [0.25, 0.3) is 5.91 Å². The number of benzene rings is 1. The van der Waals surface area contributed by atoms with Gasteiger partial charge in [0.05, 0.1) is 10.6 Å². The predicted molar refractivity (Wildman–Crippen MR) is 78.5 cm³/mol. The summed E-state index contributed by atoms with van der Waals surface area (Å²) in [4.78, 5) is 14.5. The zero-order chi connectivity index (χ0) is 13.0. The van der Waals surface area contributed by atoms with E-state index in [1.165, 1.54) is 12.8 Å². The minimum atomic E-state index is 0.0620. The fraction of sp³-hybridized carbons (Fsp3) is 0.500. The fourth-order valence-electron chi connectivity index (χ4n) is 2.55. The highest BCUT2D eigenvalue weighted by Gasteiger charge is 2.27. The third-order valence-electron chi connectivity index (χ3n) is 3.46. The van der Waals surface area contributed by atoms with E-state index in [9.17, 15) is 4.79 Å². The van der Waals surface area contributed by atoms with E-state index in [-0.39, 0.29) is 5.91 Å². The van der Waals surface area contributed by atoms with E-state index in [0.29, 0.717) is 16.6 Å². The number of carbonyl (C=O) groups excluding carboxylic acids is 1. The van der Waals surface area contributed by atoms with Gasteiger partial charge in [-0.3, -0.25) is 4.79 Å². The largest absolute Gasteiger partial charge is 0.335 e. The SMILES string of the molecule is O=C(c1ccccc1Cl)N(CCBr)C1CCCC1. The van der Waals surface area contributed by atoms with Gasteiger partial charge >= 0.3 is 0 Å². The normalized spacial score (nSPS) is 15.9. The minimum absolute atomic E-state index is 0.0620. The summed E-state index contributed by atoms with van der Waals surface area (Å²) in [6, 6.07) is 7.67. The summed E-state index contributed by atoms with van der Waals surface area (Å²) in [5, 5.41) is 1.35. The van der Waals surface area contributed by atoms with E-state index < -0.39 is 0 Å². The van der Waals surface area contributed by atoms with Crippen molar-refractivity contribution < 1.29 is 4.79 Å². The second-order valence-electron chi connectivity index (χ2n) is 4.61. The Hall–Kier alpha value is -0.540. The molecule has 98 valence electrons. The van der Waals surface area contributed by atoms with Gasteiger partial charge in [0, 0.05) is 17.9 Å². The van der Waals surface area contributed by atoms with Crippen molar-refractivity contribution >= 4 is 33.4 Å². The quantitative estimate of drug-likeness (QED) is 0.761. The molecule has 0 bridgehead atoms. The molecule has 2 rings (SSSR count). The number of hydrogen-bond donors (Lipinski definition) is 0. The summed E-state index contributed by atoms with van der Waals surface area (Å²) in [7, 11) is 0. The van der Waals surface area contributed by atoms with Crippen LogP contribution in [0.2, 0.25) is 5.02 Å². The highest BCUT2D eigenvalue weighted by atomic mass is 79.9. The Morgan fingerprint density at radius 1 is 1.33 bits per heavy atom. The van der Waals surface area contributed by atoms with Crippen molar-refractivity contribution in [3.63, 3.8) is 0 Å². The molecule has 1 fully saturated rings. The van der Waals surface area contributed by atoms with Crippen LogP contribution in [0.25, 0.3) is 0 Å². The molecule has 0 atom stereocenters. The number of carbonyl (C=O) groups is 1. The first-order valence-corrected chi connectivity index (χ1v) is 7.85. The molecule has 0 unspecified atom stereocenters. The summed E-state index contributed by atoms with van der Waals surface area (Å²) < 4.78 is 0. The average molecular weight is 331 g/mol. The van der Waals surface area contributed by atoms with Crippen LogP contribution in [0.5, 0.6) is 0 Å². The van der Waals surface area contributed by atoms with E-state index in [2.05, 4.69) is 15.9 Å². The number of halogens is 2. The van der Waals surface area contributed by atoms with E-state index in [1.807, 2.05) is 17.0 Å². The van der Waals surface area contributed by atoms with Gasteiger partial charge in [0.2, 0.25) is 0 Å². The molecule has 4 heteroatoms. The molecule has 0 spiro atoms. The van der Waals surface area contributed by atoms with E-state index in [1.54, 1.807) is 12.1 Å². The second kappa shape index (κ2) is 6.58. The van der Waals surface area contributed by atoms with Crippen molar-refractivity contribution in [2.24, 2.45) is 0 Å². The molecule has 18 heavy (non-hydrogen) atoms. The Bertz CT molecular complexity index is 418. The molecule has 1 aromatic carbocycles. The summed E-state index contributed by atoms with van der Waals surface area (Å²) in [5.41, 5.74) is 0.618. The van der Waals surface area contributed by atoms with Crippen molar-refractivity contribution in [2.45, 2.75) is 31.7 Å². The second-order valence-corrected chi connectivity index (χ2v) is 5.81. The molecule has 1 aromatic rings. The highest BCUT2D eigenvalue weighted by molar-refractivity contribution is 9.09. The van der Waals surface area contributed by atoms with Crippen LogP contribution in [0, 0.1) is 0 Å². The van der Waals surface area contributed by atoms with Crippen LogP contribution in [-0.4, -0.2) is 28.7 Å². The van der Waals surface area contributed by atoms with Crippen molar-refractivity contribution in [3.05, 3.63) is 34.9 Å². The lowest BCUT2D eigenvalue weighted by Crippen LogP contribution is -2.40. The molecular formula is C14H17BrClNO. The molecule has 1 saturated carbocycles. The first-order valence-electron chi connectivity index (χ1n) is 6.35. The molecule has 1 amide bonds. The molecule has 0 heterocycles. The topological polar surface area (TPSA) is 20.3 Å². The zero-order valence-electron chi connectivity index (χ0n) is 10.2. The van der Waals surface area contributed by atoms with Gasteiger partial charge in [-0.1, -0.05) is 52.5 Å². The lowest BCUT2D eigenvalue weighted by Gasteiger charge is -2.28. The highest BCUT2D eigenvalue weighted by Crippen LogP contribution is 2.26. The van der Waals surface area contributed by atoms with Gasteiger partial charge in [-0.2, -0.15) is 0 Å². The fourth-order valence-corrected chi connectivity index (χ4v) is 3.14. The first kappa shape index (κ1) is 13.9. The van der Waals surface area contributed by atoms with Crippen LogP contribution in [-0.2, 0) is 0 Å². The number of nitrogens with zero attached hydrogens (tertiary/aromatic N) is 1. The van der Waals surface area contributed by atoms with Crippen LogP contribution >= 0.6 is 27.5 Å². The maximum atomic E-state index is 12.6. The smallest absolute Gasteiger partial charge is 0.255 e. The molecule has 0 saturated heterocycles. The van der Waals surface area contributed by atoms with Gasteiger partial charge in [0.1, 0.15) is 0 Å². The Morgan fingerprint density at radius 3 is 2.61 bits per heavy atom. The minimum Gasteiger partial charge on any atom is -0.335 e. The van der Waals surface area contributed by atoms with Gasteiger partial charge in [-0.15, -0.1) is 0 Å². The molecular weight excluding hydrogens is 314 g/mol. The monoisotopic (exact) mass is 329 g/mol. The molecule has 0 N–H and O–H groups in total. The Kier molecular flexibility index (Phi) is 5.07. The lowest BCUT2D eigenvalue weighted by molar-refractivity contribution is 0.0696. The summed E-state index contributed by atoms with van der Waals surface area (Å²) >= 11 is 9.54. The summed E-state index contributed by atoms with van der Waals surface area (Å²) in [6.07, 6.45) is 4.67. The third kappa shape index (κ3) is 3.07. The molecule has 1 aliphatic rings. The Balaban J connectivity index is 2.20.